The number of hydrogen-bond donors (Lipinski definition) is 1. The zero-order valence-electron chi connectivity index (χ0n) is 10.4. The highest BCUT2D eigenvalue weighted by Crippen LogP contribution is 2.35. The number of halogens is 2. The van der Waals surface area contributed by atoms with Crippen molar-refractivity contribution >= 4 is 52.9 Å². The minimum atomic E-state index is -3.80. The molecule has 0 unspecified atom stereocenters. The summed E-state index contributed by atoms with van der Waals surface area (Å²) in [5.74, 6) is -0.0514. The van der Waals surface area contributed by atoms with Crippen LogP contribution in [0.25, 0.3) is 11.0 Å². The molecular weight excluding hydrogens is 424 g/mol. The smallest absolute Gasteiger partial charge is 0.269 e. The van der Waals surface area contributed by atoms with Gasteiger partial charge in [0.1, 0.15) is 12.1 Å². The second kappa shape index (κ2) is 5.11. The molecule has 0 aliphatic carbocycles. The highest BCUT2D eigenvalue weighted by Gasteiger charge is 2.21. The lowest BCUT2D eigenvalue weighted by atomic mass is 10.3. The van der Waals surface area contributed by atoms with Gasteiger partial charge in [-0.3, -0.25) is 0 Å². The van der Waals surface area contributed by atoms with Crippen molar-refractivity contribution in [1.82, 2.24) is 8.96 Å². The lowest BCUT2D eigenvalue weighted by Gasteiger charge is -2.09. The van der Waals surface area contributed by atoms with Crippen molar-refractivity contribution in [2.24, 2.45) is 0 Å². The molecule has 1 N–H and O–H groups in total. The molecule has 0 aliphatic rings. The Labute approximate surface area is 137 Å². The monoisotopic (exact) mass is 430 g/mol. The van der Waals surface area contributed by atoms with Gasteiger partial charge in [0.05, 0.1) is 24.9 Å². The van der Waals surface area contributed by atoms with Crippen LogP contribution in [-0.2, 0) is 10.0 Å². The fraction of sp³-hybridized carbons (Fsp3) is 0. The molecule has 3 rings (SSSR count). The zero-order valence-corrected chi connectivity index (χ0v) is 14.4. The van der Waals surface area contributed by atoms with Crippen LogP contribution in [0.5, 0.6) is 5.75 Å². The first-order valence-electron chi connectivity index (χ1n) is 5.77. The number of rotatable bonds is 2. The van der Waals surface area contributed by atoms with Gasteiger partial charge in [0, 0.05) is 0 Å². The van der Waals surface area contributed by atoms with E-state index in [-0.39, 0.29) is 10.6 Å². The van der Waals surface area contributed by atoms with Crippen molar-refractivity contribution < 1.29 is 13.5 Å². The van der Waals surface area contributed by atoms with E-state index >= 15 is 0 Å². The normalized spacial score (nSPS) is 11.9. The Bertz CT molecular complexity index is 928. The van der Waals surface area contributed by atoms with Crippen LogP contribution < -0.4 is 0 Å². The van der Waals surface area contributed by atoms with Crippen molar-refractivity contribution in [2.45, 2.75) is 4.90 Å². The molecule has 0 spiro atoms. The number of phenolic OH excluding ortho intramolecular Hbond substituents is 1. The summed E-state index contributed by atoms with van der Waals surface area (Å²) in [5.41, 5.74) is 1.09. The molecule has 0 radical (unpaired) electrons. The standard InChI is InChI=1S/C13H8Br2N2O3S/c14-9-5-8(6-10(15)13(9)18)21(19,20)17-7-16-11-3-1-2-4-12(11)17/h1-7,18H. The maximum atomic E-state index is 12.7. The van der Waals surface area contributed by atoms with E-state index in [1.165, 1.54) is 18.5 Å². The molecule has 0 fully saturated rings. The first kappa shape index (κ1) is 14.6. The van der Waals surface area contributed by atoms with Crippen LogP contribution in [0.2, 0.25) is 0 Å². The van der Waals surface area contributed by atoms with Crippen molar-refractivity contribution in [3.8, 4) is 5.75 Å². The summed E-state index contributed by atoms with van der Waals surface area (Å²) in [6, 6.07) is 9.67. The van der Waals surface area contributed by atoms with Crippen LogP contribution in [-0.4, -0.2) is 22.5 Å². The number of fused-ring (bicyclic) bond motifs is 1. The Kier molecular flexibility index (Phi) is 3.54. The van der Waals surface area contributed by atoms with Gasteiger partial charge in [-0.15, -0.1) is 0 Å². The minimum Gasteiger partial charge on any atom is -0.506 e. The fourth-order valence-corrected chi connectivity index (χ4v) is 4.77. The van der Waals surface area contributed by atoms with Crippen molar-refractivity contribution in [3.63, 3.8) is 0 Å². The van der Waals surface area contributed by atoms with Gasteiger partial charge < -0.3 is 5.11 Å². The summed E-state index contributed by atoms with van der Waals surface area (Å²) in [4.78, 5) is 4.13. The van der Waals surface area contributed by atoms with E-state index in [1.54, 1.807) is 24.3 Å². The molecule has 0 atom stereocenters. The lowest BCUT2D eigenvalue weighted by molar-refractivity contribution is 0.467. The van der Waals surface area contributed by atoms with Crippen molar-refractivity contribution in [1.29, 1.82) is 0 Å². The number of aromatic nitrogens is 2. The zero-order chi connectivity index (χ0) is 15.2. The topological polar surface area (TPSA) is 72.2 Å². The Balaban J connectivity index is 2.26. The van der Waals surface area contributed by atoms with Crippen LogP contribution in [0, 0.1) is 0 Å². The molecule has 21 heavy (non-hydrogen) atoms. The van der Waals surface area contributed by atoms with Gasteiger partial charge in [0.15, 0.2) is 0 Å². The predicted molar refractivity (Wildman–Crippen MR) is 85.8 cm³/mol. The van der Waals surface area contributed by atoms with E-state index < -0.39 is 10.0 Å². The second-order valence-electron chi connectivity index (χ2n) is 4.27. The number of phenols is 1. The first-order chi connectivity index (χ1) is 9.91. The van der Waals surface area contributed by atoms with E-state index in [9.17, 15) is 13.5 Å². The van der Waals surface area contributed by atoms with Crippen LogP contribution in [0.4, 0.5) is 0 Å². The van der Waals surface area contributed by atoms with Gasteiger partial charge >= 0.3 is 0 Å². The van der Waals surface area contributed by atoms with E-state index in [0.717, 1.165) is 3.97 Å². The SMILES string of the molecule is O=S(=O)(c1cc(Br)c(O)c(Br)c1)n1cnc2ccccc21. The molecule has 5 nitrogen and oxygen atoms in total. The quantitative estimate of drug-likeness (QED) is 0.673. The third kappa shape index (κ3) is 2.37. The number of hydrogen-bond acceptors (Lipinski definition) is 4. The highest BCUT2D eigenvalue weighted by molar-refractivity contribution is 9.11. The average molecular weight is 432 g/mol. The molecule has 0 saturated heterocycles. The van der Waals surface area contributed by atoms with Crippen LogP contribution >= 0.6 is 31.9 Å². The third-order valence-electron chi connectivity index (χ3n) is 2.97. The second-order valence-corrected chi connectivity index (χ2v) is 7.79. The summed E-state index contributed by atoms with van der Waals surface area (Å²) < 4.78 is 27.2. The molecule has 108 valence electrons. The number of aromatic hydroxyl groups is 1. The Morgan fingerprint density at radius 1 is 1.10 bits per heavy atom. The molecule has 0 amide bonds. The van der Waals surface area contributed by atoms with Gasteiger partial charge in [-0.25, -0.2) is 17.4 Å². The Hall–Kier alpha value is -1.38. The summed E-state index contributed by atoms with van der Waals surface area (Å²) in [6.07, 6.45) is 1.27. The highest BCUT2D eigenvalue weighted by atomic mass is 79.9. The van der Waals surface area contributed by atoms with Gasteiger partial charge in [0.25, 0.3) is 10.0 Å². The molecule has 1 aromatic heterocycles. The average Bonchev–Trinajstić information content (AvgIpc) is 2.88. The molecule has 3 aromatic rings. The molecular formula is C13H8Br2N2O3S. The summed E-state index contributed by atoms with van der Waals surface area (Å²) >= 11 is 6.27. The lowest BCUT2D eigenvalue weighted by Crippen LogP contribution is -2.12. The largest absolute Gasteiger partial charge is 0.506 e. The van der Waals surface area contributed by atoms with E-state index in [0.29, 0.717) is 20.0 Å². The van der Waals surface area contributed by atoms with Crippen LogP contribution in [0.3, 0.4) is 0 Å². The van der Waals surface area contributed by atoms with E-state index in [2.05, 4.69) is 36.8 Å². The minimum absolute atomic E-state index is 0.0437. The number of benzene rings is 2. The number of nitrogens with zero attached hydrogens (tertiary/aromatic N) is 2. The van der Waals surface area contributed by atoms with Crippen LogP contribution in [0.15, 0.2) is 56.6 Å². The predicted octanol–water partition coefficient (Wildman–Crippen LogP) is 3.50. The van der Waals surface area contributed by atoms with Crippen molar-refractivity contribution in [3.05, 3.63) is 51.7 Å². The maximum absolute atomic E-state index is 12.7. The summed E-state index contributed by atoms with van der Waals surface area (Å²) in [7, 11) is -3.80. The summed E-state index contributed by atoms with van der Waals surface area (Å²) in [5, 5.41) is 9.69. The molecule has 0 bridgehead atoms. The first-order valence-corrected chi connectivity index (χ1v) is 8.79. The molecule has 0 saturated carbocycles. The van der Waals surface area contributed by atoms with Gasteiger partial charge in [-0.05, 0) is 56.1 Å². The van der Waals surface area contributed by atoms with Crippen LogP contribution in [0.1, 0.15) is 0 Å². The number of para-hydroxylation sites is 2. The fourth-order valence-electron chi connectivity index (χ4n) is 1.93. The van der Waals surface area contributed by atoms with Gasteiger partial charge in [-0.2, -0.15) is 0 Å². The molecule has 0 aliphatic heterocycles. The van der Waals surface area contributed by atoms with Crippen molar-refractivity contribution in [2.75, 3.05) is 0 Å². The number of imidazole rings is 1. The van der Waals surface area contributed by atoms with Gasteiger partial charge in [0.2, 0.25) is 0 Å². The Morgan fingerprint density at radius 2 is 1.71 bits per heavy atom. The molecule has 1 heterocycles. The van der Waals surface area contributed by atoms with Gasteiger partial charge in [-0.1, -0.05) is 12.1 Å². The molecule has 2 aromatic carbocycles. The summed E-state index contributed by atoms with van der Waals surface area (Å²) in [6.45, 7) is 0. The molecule has 8 heteroatoms. The van der Waals surface area contributed by atoms with E-state index in [4.69, 9.17) is 0 Å². The maximum Gasteiger partial charge on any atom is 0.269 e. The Morgan fingerprint density at radius 3 is 2.38 bits per heavy atom. The van der Waals surface area contributed by atoms with E-state index in [1.807, 2.05) is 0 Å². The third-order valence-corrected chi connectivity index (χ3v) is 5.82.